The molecule has 142 valence electrons. The van der Waals surface area contributed by atoms with Crippen molar-refractivity contribution in [2.75, 3.05) is 5.32 Å². The number of alkyl halides is 3. The van der Waals surface area contributed by atoms with E-state index in [1.54, 1.807) is 0 Å². The fourth-order valence-electron chi connectivity index (χ4n) is 2.15. The van der Waals surface area contributed by atoms with Gasteiger partial charge in [-0.3, -0.25) is 4.79 Å². The maximum atomic E-state index is 13.5. The van der Waals surface area contributed by atoms with Gasteiger partial charge in [0, 0.05) is 10.6 Å². The Hall–Kier alpha value is -2.57. The summed E-state index contributed by atoms with van der Waals surface area (Å²) < 4.78 is 53.5. The SMILES string of the molecule is CC(O)(C(=O)Nc1ccc(C#N)cc1)C(Sc1ccc(F)cc1)C(F)(F)F. The monoisotopic (exact) mass is 398 g/mol. The first kappa shape index (κ1) is 20.7. The van der Waals surface area contributed by atoms with E-state index in [4.69, 9.17) is 5.26 Å². The van der Waals surface area contributed by atoms with Crippen molar-refractivity contribution in [3.8, 4) is 6.07 Å². The number of anilines is 1. The van der Waals surface area contributed by atoms with E-state index in [1.807, 2.05) is 6.07 Å². The molecule has 0 aliphatic heterocycles. The van der Waals surface area contributed by atoms with Gasteiger partial charge in [-0.1, -0.05) is 0 Å². The molecule has 2 aromatic rings. The fraction of sp³-hybridized carbons (Fsp3) is 0.222. The zero-order valence-corrected chi connectivity index (χ0v) is 14.7. The Kier molecular flexibility index (Phi) is 6.13. The molecule has 2 rings (SSSR count). The number of nitrogens with zero attached hydrogens (tertiary/aromatic N) is 1. The van der Waals surface area contributed by atoms with Crippen LogP contribution < -0.4 is 5.32 Å². The predicted octanol–water partition coefficient (Wildman–Crippen LogP) is 4.11. The summed E-state index contributed by atoms with van der Waals surface area (Å²) in [4.78, 5) is 12.4. The standard InChI is InChI=1S/C18H14F4N2O2S/c1-17(26,16(25)24-13-6-2-11(10-23)3-7-13)15(18(20,21)22)27-14-8-4-12(19)5-9-14/h2-9,15,26H,1H3,(H,24,25). The Bertz CT molecular complexity index is 844. The lowest BCUT2D eigenvalue weighted by atomic mass is 10.00. The van der Waals surface area contributed by atoms with Crippen molar-refractivity contribution >= 4 is 23.4 Å². The molecular formula is C18H14F4N2O2S. The Morgan fingerprint density at radius 3 is 2.19 bits per heavy atom. The van der Waals surface area contributed by atoms with Gasteiger partial charge in [0.2, 0.25) is 0 Å². The first-order chi connectivity index (χ1) is 12.5. The third-order valence-electron chi connectivity index (χ3n) is 3.61. The third kappa shape index (κ3) is 5.21. The third-order valence-corrected chi connectivity index (χ3v) is 5.11. The summed E-state index contributed by atoms with van der Waals surface area (Å²) in [5.41, 5.74) is -2.38. The molecule has 0 aliphatic carbocycles. The van der Waals surface area contributed by atoms with Gasteiger partial charge in [-0.2, -0.15) is 18.4 Å². The summed E-state index contributed by atoms with van der Waals surface area (Å²) in [7, 11) is 0. The summed E-state index contributed by atoms with van der Waals surface area (Å²) in [5, 5.41) is 18.8. The molecule has 4 nitrogen and oxygen atoms in total. The molecule has 0 radical (unpaired) electrons. The molecule has 0 bridgehead atoms. The number of halogens is 4. The average molecular weight is 398 g/mol. The highest BCUT2D eigenvalue weighted by molar-refractivity contribution is 8.00. The van der Waals surface area contributed by atoms with E-state index < -0.39 is 28.8 Å². The minimum absolute atomic E-state index is 0.0465. The number of aliphatic hydroxyl groups is 1. The van der Waals surface area contributed by atoms with Crippen LogP contribution in [0.1, 0.15) is 12.5 Å². The summed E-state index contributed by atoms with van der Waals surface area (Å²) in [6.07, 6.45) is -4.91. The highest BCUT2D eigenvalue weighted by atomic mass is 32.2. The van der Waals surface area contributed by atoms with Crippen molar-refractivity contribution in [2.24, 2.45) is 0 Å². The van der Waals surface area contributed by atoms with Crippen LogP contribution in [0.3, 0.4) is 0 Å². The number of nitrogens with one attached hydrogen (secondary N) is 1. The molecule has 9 heteroatoms. The van der Waals surface area contributed by atoms with Gasteiger partial charge in [0.05, 0.1) is 11.6 Å². The quantitative estimate of drug-likeness (QED) is 0.587. The maximum Gasteiger partial charge on any atom is 0.404 e. The van der Waals surface area contributed by atoms with E-state index in [9.17, 15) is 27.5 Å². The van der Waals surface area contributed by atoms with E-state index >= 15 is 0 Å². The predicted molar refractivity (Wildman–Crippen MR) is 92.5 cm³/mol. The number of hydrogen-bond acceptors (Lipinski definition) is 4. The highest BCUT2D eigenvalue weighted by Gasteiger charge is 2.55. The molecule has 2 atom stereocenters. The number of carbonyl (C=O) groups is 1. The molecule has 2 unspecified atom stereocenters. The van der Waals surface area contributed by atoms with E-state index in [0.29, 0.717) is 5.56 Å². The lowest BCUT2D eigenvalue weighted by Gasteiger charge is -2.32. The normalized spacial score (nSPS) is 14.7. The maximum absolute atomic E-state index is 13.5. The lowest BCUT2D eigenvalue weighted by Crippen LogP contribution is -2.54. The molecule has 27 heavy (non-hydrogen) atoms. The van der Waals surface area contributed by atoms with Gasteiger partial charge in [0.25, 0.3) is 5.91 Å². The van der Waals surface area contributed by atoms with Gasteiger partial charge in [-0.25, -0.2) is 4.39 Å². The average Bonchev–Trinajstić information content (AvgIpc) is 2.60. The van der Waals surface area contributed by atoms with Crippen LogP contribution in [0.25, 0.3) is 0 Å². The van der Waals surface area contributed by atoms with Crippen molar-refractivity contribution in [1.29, 1.82) is 5.26 Å². The van der Waals surface area contributed by atoms with Crippen molar-refractivity contribution in [3.05, 3.63) is 59.9 Å². The second-order valence-corrected chi connectivity index (χ2v) is 6.96. The van der Waals surface area contributed by atoms with Gasteiger partial charge in [0.15, 0.2) is 5.60 Å². The van der Waals surface area contributed by atoms with Crippen LogP contribution in [0.5, 0.6) is 0 Å². The van der Waals surface area contributed by atoms with E-state index in [-0.39, 0.29) is 22.3 Å². The van der Waals surface area contributed by atoms with Crippen LogP contribution in [0, 0.1) is 17.1 Å². The number of nitriles is 1. The van der Waals surface area contributed by atoms with Crippen LogP contribution in [0.15, 0.2) is 53.4 Å². The Morgan fingerprint density at radius 1 is 1.15 bits per heavy atom. The molecule has 0 saturated carbocycles. The summed E-state index contributed by atoms with van der Waals surface area (Å²) in [6.45, 7) is 0.765. The van der Waals surface area contributed by atoms with Crippen LogP contribution in [-0.2, 0) is 4.79 Å². The van der Waals surface area contributed by atoms with Gasteiger partial charge in [-0.15, -0.1) is 11.8 Å². The molecule has 0 spiro atoms. The molecule has 2 aromatic carbocycles. The van der Waals surface area contributed by atoms with Crippen LogP contribution >= 0.6 is 11.8 Å². The fourth-order valence-corrected chi connectivity index (χ4v) is 3.19. The van der Waals surface area contributed by atoms with Crippen molar-refractivity contribution in [3.63, 3.8) is 0 Å². The Morgan fingerprint density at radius 2 is 1.70 bits per heavy atom. The molecule has 0 heterocycles. The van der Waals surface area contributed by atoms with Crippen molar-refractivity contribution < 1.29 is 27.5 Å². The van der Waals surface area contributed by atoms with Gasteiger partial charge in [-0.05, 0) is 55.5 Å². The number of carbonyl (C=O) groups excluding carboxylic acids is 1. The Labute approximate surface area is 156 Å². The minimum atomic E-state index is -4.91. The number of benzene rings is 2. The highest BCUT2D eigenvalue weighted by Crippen LogP contribution is 2.42. The molecule has 2 N–H and O–H groups in total. The van der Waals surface area contributed by atoms with Crippen LogP contribution in [-0.4, -0.2) is 28.0 Å². The zero-order chi connectivity index (χ0) is 20.2. The van der Waals surface area contributed by atoms with Gasteiger partial charge >= 0.3 is 6.18 Å². The summed E-state index contributed by atoms with van der Waals surface area (Å²) >= 11 is 0.211. The molecule has 1 amide bonds. The van der Waals surface area contributed by atoms with E-state index in [1.165, 1.54) is 24.3 Å². The molecule has 0 aromatic heterocycles. The Balaban J connectivity index is 2.24. The summed E-state index contributed by atoms with van der Waals surface area (Å²) in [5.74, 6) is -1.88. The second kappa shape index (κ2) is 7.98. The molecule has 0 aliphatic rings. The topological polar surface area (TPSA) is 73.1 Å². The molecular weight excluding hydrogens is 384 g/mol. The summed E-state index contributed by atoms with van der Waals surface area (Å²) in [6, 6.07) is 11.5. The number of hydrogen-bond donors (Lipinski definition) is 2. The number of thioether (sulfide) groups is 1. The van der Waals surface area contributed by atoms with Gasteiger partial charge in [0.1, 0.15) is 11.1 Å². The van der Waals surface area contributed by atoms with Crippen molar-refractivity contribution in [1.82, 2.24) is 0 Å². The molecule has 0 fully saturated rings. The van der Waals surface area contributed by atoms with Crippen LogP contribution in [0.4, 0.5) is 23.2 Å². The first-order valence-electron chi connectivity index (χ1n) is 7.57. The van der Waals surface area contributed by atoms with Gasteiger partial charge < -0.3 is 10.4 Å². The zero-order valence-electron chi connectivity index (χ0n) is 13.9. The lowest BCUT2D eigenvalue weighted by molar-refractivity contribution is -0.172. The van der Waals surface area contributed by atoms with E-state index in [0.717, 1.165) is 31.2 Å². The van der Waals surface area contributed by atoms with Crippen molar-refractivity contribution in [2.45, 2.75) is 28.8 Å². The van der Waals surface area contributed by atoms with Crippen LogP contribution in [0.2, 0.25) is 0 Å². The second-order valence-electron chi connectivity index (χ2n) is 5.78. The largest absolute Gasteiger partial charge is 0.404 e. The number of rotatable bonds is 5. The van der Waals surface area contributed by atoms with E-state index in [2.05, 4.69) is 5.32 Å². The first-order valence-corrected chi connectivity index (χ1v) is 8.45. The minimum Gasteiger partial charge on any atom is -0.379 e. The smallest absolute Gasteiger partial charge is 0.379 e. The molecule has 0 saturated heterocycles. The number of amides is 1.